The van der Waals surface area contributed by atoms with E-state index in [1.165, 1.54) is 11.3 Å². The molecule has 0 unspecified atom stereocenters. The smallest absolute Gasteiger partial charge is 0.336 e. The van der Waals surface area contributed by atoms with Gasteiger partial charge in [0.15, 0.2) is 0 Å². The highest BCUT2D eigenvalue weighted by Crippen LogP contribution is 2.23. The Kier molecular flexibility index (Phi) is 3.58. The summed E-state index contributed by atoms with van der Waals surface area (Å²) in [6.45, 7) is 0.749. The van der Waals surface area contributed by atoms with Crippen LogP contribution >= 0.6 is 11.3 Å². The molecule has 0 aliphatic heterocycles. The van der Waals surface area contributed by atoms with Gasteiger partial charge < -0.3 is 15.2 Å². The molecule has 1 aliphatic rings. The molecule has 1 aliphatic carbocycles. The van der Waals surface area contributed by atoms with Crippen LogP contribution in [-0.2, 0) is 11.3 Å². The third-order valence-electron chi connectivity index (χ3n) is 2.89. The monoisotopic (exact) mass is 241 g/mol. The Morgan fingerprint density at radius 2 is 2.44 bits per heavy atom. The zero-order valence-corrected chi connectivity index (χ0v) is 9.92. The van der Waals surface area contributed by atoms with E-state index in [0.29, 0.717) is 17.7 Å². The first-order valence-corrected chi connectivity index (χ1v) is 6.14. The van der Waals surface area contributed by atoms with Gasteiger partial charge in [-0.05, 0) is 18.9 Å². The maximum Gasteiger partial charge on any atom is 0.336 e. The van der Waals surface area contributed by atoms with Gasteiger partial charge in [-0.25, -0.2) is 4.79 Å². The Morgan fingerprint density at radius 1 is 1.69 bits per heavy atom. The lowest BCUT2D eigenvalue weighted by atomic mass is 9.89. The molecule has 0 amide bonds. The topological polar surface area (TPSA) is 58.6 Å². The molecule has 1 aromatic rings. The van der Waals surface area contributed by atoms with Crippen LogP contribution in [0.4, 0.5) is 0 Å². The summed E-state index contributed by atoms with van der Waals surface area (Å²) in [5.41, 5.74) is 0.380. The summed E-state index contributed by atoms with van der Waals surface area (Å²) in [5, 5.41) is 13.8. The fourth-order valence-electron chi connectivity index (χ4n) is 1.76. The summed E-state index contributed by atoms with van der Waals surface area (Å²) in [6, 6.07) is 2.24. The van der Waals surface area contributed by atoms with Crippen LogP contribution in [0, 0.1) is 0 Å². The van der Waals surface area contributed by atoms with Crippen LogP contribution in [0.1, 0.15) is 28.1 Å². The predicted molar refractivity (Wildman–Crippen MR) is 61.9 cm³/mol. The average molecular weight is 241 g/mol. The van der Waals surface area contributed by atoms with Gasteiger partial charge in [-0.2, -0.15) is 0 Å². The minimum Gasteiger partial charge on any atom is -0.478 e. The van der Waals surface area contributed by atoms with E-state index < -0.39 is 5.97 Å². The molecule has 0 saturated heterocycles. The van der Waals surface area contributed by atoms with Crippen molar-refractivity contribution >= 4 is 17.3 Å². The highest BCUT2D eigenvalue weighted by molar-refractivity contribution is 7.10. The van der Waals surface area contributed by atoms with Crippen molar-refractivity contribution in [2.24, 2.45) is 0 Å². The highest BCUT2D eigenvalue weighted by Gasteiger charge is 2.28. The molecular formula is C11H15NO3S. The number of nitrogens with one attached hydrogen (secondary N) is 1. The molecule has 0 spiro atoms. The number of carbonyl (C=O) groups is 1. The maximum absolute atomic E-state index is 10.7. The number of rotatable bonds is 5. The number of hydrogen-bond acceptors (Lipinski definition) is 4. The van der Waals surface area contributed by atoms with Crippen LogP contribution in [0.2, 0.25) is 0 Å². The summed E-state index contributed by atoms with van der Waals surface area (Å²) in [4.78, 5) is 11.7. The summed E-state index contributed by atoms with van der Waals surface area (Å²) >= 11 is 1.49. The van der Waals surface area contributed by atoms with Crippen molar-refractivity contribution in [1.29, 1.82) is 0 Å². The predicted octanol–water partition coefficient (Wildman–Crippen LogP) is 1.71. The molecule has 2 N–H and O–H groups in total. The molecule has 1 heterocycles. The SMILES string of the molecule is COC1CC(NCc2cc(C(=O)O)cs2)C1. The second-order valence-electron chi connectivity index (χ2n) is 4.01. The number of carboxylic acids is 1. The van der Waals surface area contributed by atoms with Crippen LogP contribution in [0.3, 0.4) is 0 Å². The number of aromatic carboxylic acids is 1. The minimum atomic E-state index is -0.856. The van der Waals surface area contributed by atoms with E-state index in [0.717, 1.165) is 24.3 Å². The molecule has 0 atom stereocenters. The normalized spacial score (nSPS) is 24.1. The molecule has 1 saturated carbocycles. The van der Waals surface area contributed by atoms with E-state index >= 15 is 0 Å². The lowest BCUT2D eigenvalue weighted by Gasteiger charge is -2.34. The van der Waals surface area contributed by atoms with Gasteiger partial charge in [0.2, 0.25) is 0 Å². The number of hydrogen-bond donors (Lipinski definition) is 2. The summed E-state index contributed by atoms with van der Waals surface area (Å²) in [5.74, 6) is -0.856. The van der Waals surface area contributed by atoms with E-state index in [9.17, 15) is 4.79 Å². The first-order chi connectivity index (χ1) is 7.69. The molecule has 88 valence electrons. The van der Waals surface area contributed by atoms with Crippen molar-refractivity contribution in [3.8, 4) is 0 Å². The number of thiophene rings is 1. The van der Waals surface area contributed by atoms with E-state index in [4.69, 9.17) is 9.84 Å². The lowest BCUT2D eigenvalue weighted by Crippen LogP contribution is -2.44. The van der Waals surface area contributed by atoms with E-state index in [-0.39, 0.29) is 0 Å². The average Bonchev–Trinajstić information content (AvgIpc) is 2.64. The quantitative estimate of drug-likeness (QED) is 0.824. The van der Waals surface area contributed by atoms with Gasteiger partial charge in [0, 0.05) is 30.0 Å². The molecule has 4 nitrogen and oxygen atoms in total. The number of carboxylic acid groups (broad SMARTS) is 1. The van der Waals surface area contributed by atoms with Gasteiger partial charge in [0.1, 0.15) is 0 Å². The van der Waals surface area contributed by atoms with Gasteiger partial charge >= 0.3 is 5.97 Å². The van der Waals surface area contributed by atoms with Crippen LogP contribution in [0.5, 0.6) is 0 Å². The zero-order chi connectivity index (χ0) is 11.5. The second kappa shape index (κ2) is 4.95. The molecule has 0 radical (unpaired) electrons. The van der Waals surface area contributed by atoms with Crippen molar-refractivity contribution in [3.05, 3.63) is 21.9 Å². The number of methoxy groups -OCH3 is 1. The van der Waals surface area contributed by atoms with E-state index in [2.05, 4.69) is 5.32 Å². The largest absolute Gasteiger partial charge is 0.478 e. The second-order valence-corrected chi connectivity index (χ2v) is 5.01. The van der Waals surface area contributed by atoms with Crippen LogP contribution < -0.4 is 5.32 Å². The Labute approximate surface area is 98.2 Å². The summed E-state index contributed by atoms with van der Waals surface area (Å²) in [6.07, 6.45) is 2.50. The van der Waals surface area contributed by atoms with E-state index in [1.54, 1.807) is 18.6 Å². The molecule has 0 aromatic carbocycles. The summed E-state index contributed by atoms with van der Waals surface area (Å²) < 4.78 is 5.19. The van der Waals surface area contributed by atoms with Crippen molar-refractivity contribution in [3.63, 3.8) is 0 Å². The highest BCUT2D eigenvalue weighted by atomic mass is 32.1. The third kappa shape index (κ3) is 2.61. The molecular weight excluding hydrogens is 226 g/mol. The van der Waals surface area contributed by atoms with E-state index in [1.807, 2.05) is 0 Å². The molecule has 1 fully saturated rings. The maximum atomic E-state index is 10.7. The molecule has 16 heavy (non-hydrogen) atoms. The molecule has 1 aromatic heterocycles. The Hall–Kier alpha value is -0.910. The van der Waals surface area contributed by atoms with Crippen molar-refractivity contribution in [1.82, 2.24) is 5.32 Å². The van der Waals surface area contributed by atoms with Crippen LogP contribution in [0.25, 0.3) is 0 Å². The van der Waals surface area contributed by atoms with Gasteiger partial charge in [0.05, 0.1) is 11.7 Å². The molecule has 0 bridgehead atoms. The summed E-state index contributed by atoms with van der Waals surface area (Å²) in [7, 11) is 1.74. The first kappa shape index (κ1) is 11.6. The lowest BCUT2D eigenvalue weighted by molar-refractivity contribution is 0.0170. The molecule has 5 heteroatoms. The minimum absolute atomic E-state index is 0.380. The molecule has 2 rings (SSSR count). The fourth-order valence-corrected chi connectivity index (χ4v) is 2.56. The van der Waals surface area contributed by atoms with Crippen molar-refractivity contribution < 1.29 is 14.6 Å². The van der Waals surface area contributed by atoms with Crippen molar-refractivity contribution in [2.75, 3.05) is 7.11 Å². The number of ether oxygens (including phenoxy) is 1. The van der Waals surface area contributed by atoms with Crippen LogP contribution in [0.15, 0.2) is 11.4 Å². The third-order valence-corrected chi connectivity index (χ3v) is 3.83. The Bertz CT molecular complexity index is 371. The van der Waals surface area contributed by atoms with Gasteiger partial charge in [0.25, 0.3) is 0 Å². The fraction of sp³-hybridized carbons (Fsp3) is 0.545. The zero-order valence-electron chi connectivity index (χ0n) is 9.10. The van der Waals surface area contributed by atoms with Crippen molar-refractivity contribution in [2.45, 2.75) is 31.5 Å². The Morgan fingerprint density at radius 3 is 3.00 bits per heavy atom. The standard InChI is InChI=1S/C11H15NO3S/c1-15-9-3-8(4-9)12-5-10-2-7(6-16-10)11(13)14/h2,6,8-9,12H,3-5H2,1H3,(H,13,14). The van der Waals surface area contributed by atoms with Crippen LogP contribution in [-0.4, -0.2) is 30.3 Å². The first-order valence-electron chi connectivity index (χ1n) is 5.26. The van der Waals surface area contributed by atoms with Gasteiger partial charge in [-0.15, -0.1) is 11.3 Å². The van der Waals surface area contributed by atoms with Gasteiger partial charge in [-0.3, -0.25) is 0 Å². The Balaban J connectivity index is 1.75. The van der Waals surface area contributed by atoms with Gasteiger partial charge in [-0.1, -0.05) is 0 Å².